The molecule has 0 unspecified atom stereocenters. The summed E-state index contributed by atoms with van der Waals surface area (Å²) in [5.41, 5.74) is -0.221. The van der Waals surface area contributed by atoms with Gasteiger partial charge in [0.25, 0.3) is 0 Å². The second kappa shape index (κ2) is 7.25. The van der Waals surface area contributed by atoms with Gasteiger partial charge in [-0.25, -0.2) is 14.0 Å². The number of anilines is 1. The maximum atomic E-state index is 13.4. The van der Waals surface area contributed by atoms with Crippen molar-refractivity contribution in [3.63, 3.8) is 0 Å². The summed E-state index contributed by atoms with van der Waals surface area (Å²) < 4.78 is 18.7. The van der Waals surface area contributed by atoms with Crippen molar-refractivity contribution in [2.75, 3.05) is 31.5 Å². The van der Waals surface area contributed by atoms with E-state index in [0.29, 0.717) is 31.9 Å². The predicted molar refractivity (Wildman–Crippen MR) is 89.8 cm³/mol. The van der Waals surface area contributed by atoms with Crippen molar-refractivity contribution in [1.29, 1.82) is 0 Å². The number of carbonyl (C=O) groups is 2. The molecule has 0 bridgehead atoms. The number of hydrogen-bond donors (Lipinski definition) is 1. The molecule has 0 aromatic heterocycles. The minimum atomic E-state index is -0.593. The topological polar surface area (TPSA) is 61.9 Å². The Morgan fingerprint density at radius 2 is 1.75 bits per heavy atom. The molecule has 0 radical (unpaired) electrons. The lowest BCUT2D eigenvalue weighted by Crippen LogP contribution is -2.52. The largest absolute Gasteiger partial charge is 0.444 e. The highest BCUT2D eigenvalue weighted by Crippen LogP contribution is 2.19. The summed E-state index contributed by atoms with van der Waals surface area (Å²) >= 11 is 5.61. The average Bonchev–Trinajstić information content (AvgIpc) is 2.49. The minimum Gasteiger partial charge on any atom is -0.444 e. The number of nitrogens with zero attached hydrogens (tertiary/aromatic N) is 2. The van der Waals surface area contributed by atoms with Crippen molar-refractivity contribution >= 4 is 29.4 Å². The summed E-state index contributed by atoms with van der Waals surface area (Å²) in [4.78, 5) is 27.3. The molecule has 2 rings (SSSR count). The second-order valence-electron chi connectivity index (χ2n) is 6.51. The monoisotopic (exact) mass is 357 g/mol. The van der Waals surface area contributed by atoms with Crippen molar-refractivity contribution in [1.82, 2.24) is 9.80 Å². The first-order chi connectivity index (χ1) is 11.2. The van der Waals surface area contributed by atoms with E-state index < -0.39 is 11.4 Å². The molecule has 1 aromatic carbocycles. The third-order valence-electron chi connectivity index (χ3n) is 3.39. The first-order valence-corrected chi connectivity index (χ1v) is 8.02. The summed E-state index contributed by atoms with van der Waals surface area (Å²) in [7, 11) is 0. The van der Waals surface area contributed by atoms with E-state index in [0.717, 1.165) is 6.07 Å². The van der Waals surface area contributed by atoms with Crippen molar-refractivity contribution in [3.8, 4) is 0 Å². The lowest BCUT2D eigenvalue weighted by molar-refractivity contribution is 0.0174. The fourth-order valence-electron chi connectivity index (χ4n) is 2.20. The molecular weight excluding hydrogens is 337 g/mol. The number of ether oxygens (including phenoxy) is 1. The van der Waals surface area contributed by atoms with Crippen LogP contribution in [0.3, 0.4) is 0 Å². The van der Waals surface area contributed by atoms with E-state index in [1.165, 1.54) is 12.1 Å². The van der Waals surface area contributed by atoms with Gasteiger partial charge in [-0.2, -0.15) is 0 Å². The zero-order valence-electron chi connectivity index (χ0n) is 13.9. The summed E-state index contributed by atoms with van der Waals surface area (Å²) in [6, 6.07) is 3.73. The Morgan fingerprint density at radius 1 is 1.17 bits per heavy atom. The van der Waals surface area contributed by atoms with E-state index in [4.69, 9.17) is 16.3 Å². The van der Waals surface area contributed by atoms with Gasteiger partial charge in [0.05, 0.1) is 5.02 Å². The molecule has 0 aliphatic carbocycles. The highest BCUT2D eigenvalue weighted by atomic mass is 35.5. The maximum Gasteiger partial charge on any atom is 0.410 e. The number of piperazine rings is 1. The van der Waals surface area contributed by atoms with Crippen LogP contribution in [-0.4, -0.2) is 53.7 Å². The first kappa shape index (κ1) is 18.3. The van der Waals surface area contributed by atoms with Crippen LogP contribution in [0.25, 0.3) is 0 Å². The second-order valence-corrected chi connectivity index (χ2v) is 6.92. The SMILES string of the molecule is CC(C)(C)OC(=O)N1CCN(C(=O)Nc2ccc(Cl)c(F)c2)CC1. The summed E-state index contributed by atoms with van der Waals surface area (Å²) in [5.74, 6) is -0.593. The summed E-state index contributed by atoms with van der Waals surface area (Å²) in [5, 5.41) is 2.61. The third kappa shape index (κ3) is 4.99. The van der Waals surface area contributed by atoms with Gasteiger partial charge in [0.2, 0.25) is 0 Å². The predicted octanol–water partition coefficient (Wildman–Crippen LogP) is 3.56. The quantitative estimate of drug-likeness (QED) is 0.835. The Kier molecular flexibility index (Phi) is 5.54. The number of hydrogen-bond acceptors (Lipinski definition) is 3. The number of rotatable bonds is 1. The van der Waals surface area contributed by atoms with Gasteiger partial charge in [0, 0.05) is 31.9 Å². The smallest absolute Gasteiger partial charge is 0.410 e. The fraction of sp³-hybridized carbons (Fsp3) is 0.500. The maximum absolute atomic E-state index is 13.4. The molecule has 0 saturated carbocycles. The van der Waals surface area contributed by atoms with Crippen molar-refractivity contribution in [3.05, 3.63) is 29.0 Å². The van der Waals surface area contributed by atoms with Gasteiger partial charge >= 0.3 is 12.1 Å². The molecule has 8 heteroatoms. The molecular formula is C16H21ClFN3O3. The molecule has 0 atom stereocenters. The Labute approximate surface area is 145 Å². The van der Waals surface area contributed by atoms with E-state index in [2.05, 4.69) is 5.32 Å². The van der Waals surface area contributed by atoms with Crippen LogP contribution in [0.4, 0.5) is 19.7 Å². The number of nitrogens with one attached hydrogen (secondary N) is 1. The molecule has 1 aromatic rings. The highest BCUT2D eigenvalue weighted by Gasteiger charge is 2.27. The highest BCUT2D eigenvalue weighted by molar-refractivity contribution is 6.30. The fourth-order valence-corrected chi connectivity index (χ4v) is 2.31. The lowest BCUT2D eigenvalue weighted by Gasteiger charge is -2.35. The van der Waals surface area contributed by atoms with Crippen molar-refractivity contribution in [2.45, 2.75) is 26.4 Å². The van der Waals surface area contributed by atoms with Crippen molar-refractivity contribution in [2.24, 2.45) is 0 Å². The molecule has 0 spiro atoms. The lowest BCUT2D eigenvalue weighted by atomic mass is 10.2. The first-order valence-electron chi connectivity index (χ1n) is 7.64. The molecule has 132 valence electrons. The van der Waals surface area contributed by atoms with E-state index in [1.54, 1.807) is 30.6 Å². The van der Waals surface area contributed by atoms with Gasteiger partial charge < -0.3 is 19.9 Å². The Morgan fingerprint density at radius 3 is 2.29 bits per heavy atom. The molecule has 1 N–H and O–H groups in total. The molecule has 1 fully saturated rings. The Hall–Kier alpha value is -2.02. The molecule has 1 aliphatic heterocycles. The van der Waals surface area contributed by atoms with Crippen LogP contribution in [0.1, 0.15) is 20.8 Å². The van der Waals surface area contributed by atoms with Crippen LogP contribution in [0.2, 0.25) is 5.02 Å². The number of halogens is 2. The third-order valence-corrected chi connectivity index (χ3v) is 3.70. The Bertz CT molecular complexity index is 625. The van der Waals surface area contributed by atoms with Crippen LogP contribution >= 0.6 is 11.6 Å². The molecule has 1 heterocycles. The van der Waals surface area contributed by atoms with Crippen LogP contribution in [0.5, 0.6) is 0 Å². The molecule has 6 nitrogen and oxygen atoms in total. The average molecular weight is 358 g/mol. The van der Waals surface area contributed by atoms with Crippen molar-refractivity contribution < 1.29 is 18.7 Å². The zero-order chi connectivity index (χ0) is 17.9. The standard InChI is InChI=1S/C16H21ClFN3O3/c1-16(2,3)24-15(23)21-8-6-20(7-9-21)14(22)19-11-4-5-12(17)13(18)10-11/h4-5,10H,6-9H2,1-3H3,(H,19,22). The van der Waals surface area contributed by atoms with Crippen LogP contribution in [0, 0.1) is 5.82 Å². The van der Waals surface area contributed by atoms with E-state index in [-0.39, 0.29) is 17.1 Å². The van der Waals surface area contributed by atoms with E-state index in [9.17, 15) is 14.0 Å². The van der Waals surface area contributed by atoms with E-state index in [1.807, 2.05) is 0 Å². The molecule has 3 amide bonds. The summed E-state index contributed by atoms with van der Waals surface area (Å²) in [6.45, 7) is 6.94. The van der Waals surface area contributed by atoms with E-state index >= 15 is 0 Å². The number of urea groups is 1. The zero-order valence-corrected chi connectivity index (χ0v) is 14.7. The van der Waals surface area contributed by atoms with Gasteiger partial charge in [-0.15, -0.1) is 0 Å². The minimum absolute atomic E-state index is 0.000950. The molecule has 1 saturated heterocycles. The van der Waals surface area contributed by atoms with Gasteiger partial charge in [0.1, 0.15) is 11.4 Å². The van der Waals surface area contributed by atoms with Gasteiger partial charge in [-0.3, -0.25) is 0 Å². The number of amides is 3. The molecule has 24 heavy (non-hydrogen) atoms. The van der Waals surface area contributed by atoms with Gasteiger partial charge in [-0.05, 0) is 39.0 Å². The Balaban J connectivity index is 1.86. The van der Waals surface area contributed by atoms with Crippen LogP contribution in [-0.2, 0) is 4.74 Å². The number of benzene rings is 1. The van der Waals surface area contributed by atoms with Crippen LogP contribution < -0.4 is 5.32 Å². The van der Waals surface area contributed by atoms with Crippen LogP contribution in [0.15, 0.2) is 18.2 Å². The van der Waals surface area contributed by atoms with Gasteiger partial charge in [-0.1, -0.05) is 11.6 Å². The summed E-state index contributed by atoms with van der Waals surface area (Å²) in [6.07, 6.45) is -0.387. The normalized spacial score (nSPS) is 15.2. The molecule has 1 aliphatic rings. The van der Waals surface area contributed by atoms with Gasteiger partial charge in [0.15, 0.2) is 0 Å². The number of carbonyl (C=O) groups excluding carboxylic acids is 2.